The second kappa shape index (κ2) is 9.40. The van der Waals surface area contributed by atoms with E-state index < -0.39 is 0 Å². The Hall–Kier alpha value is -2.04. The number of aromatic hydroxyl groups is 1. The van der Waals surface area contributed by atoms with E-state index in [0.29, 0.717) is 19.0 Å². The first-order valence-corrected chi connectivity index (χ1v) is 11.2. The van der Waals surface area contributed by atoms with E-state index in [1.807, 2.05) is 20.8 Å². The molecule has 0 aromatic heterocycles. The zero-order chi connectivity index (χ0) is 21.9. The number of hydrogen-bond acceptors (Lipinski definition) is 4. The summed E-state index contributed by atoms with van der Waals surface area (Å²) in [6.07, 6.45) is 1.78. The molecule has 30 heavy (non-hydrogen) atoms. The Bertz CT molecular complexity index is 888. The van der Waals surface area contributed by atoms with Crippen molar-refractivity contribution in [3.8, 4) is 11.5 Å². The number of nitrogens with zero attached hydrogens (tertiary/aromatic N) is 1. The molecular weight excluding hydrogens is 374 g/mol. The van der Waals surface area contributed by atoms with Gasteiger partial charge in [-0.1, -0.05) is 38.1 Å². The number of phenols is 1. The lowest BCUT2D eigenvalue weighted by Crippen LogP contribution is -2.41. The highest BCUT2D eigenvalue weighted by Crippen LogP contribution is 2.43. The largest absolute Gasteiger partial charge is 0.507 e. The molecule has 164 valence electrons. The molecule has 2 aromatic carbocycles. The summed E-state index contributed by atoms with van der Waals surface area (Å²) in [6.45, 7) is 16.7. The predicted molar refractivity (Wildman–Crippen MR) is 122 cm³/mol. The van der Waals surface area contributed by atoms with Gasteiger partial charge >= 0.3 is 0 Å². The van der Waals surface area contributed by atoms with E-state index in [1.165, 1.54) is 11.1 Å². The summed E-state index contributed by atoms with van der Waals surface area (Å²) < 4.78 is 12.6. The van der Waals surface area contributed by atoms with Crippen LogP contribution in [-0.2, 0) is 24.3 Å². The normalized spacial score (nSPS) is 18.4. The molecule has 1 unspecified atom stereocenters. The van der Waals surface area contributed by atoms with Crippen LogP contribution >= 0.6 is 0 Å². The number of benzene rings is 2. The quantitative estimate of drug-likeness (QED) is 0.626. The van der Waals surface area contributed by atoms with Crippen molar-refractivity contribution < 1.29 is 14.6 Å². The predicted octanol–water partition coefficient (Wildman–Crippen LogP) is 5.46. The second-order valence-electron chi connectivity index (χ2n) is 8.86. The minimum atomic E-state index is -0.355. The fourth-order valence-electron chi connectivity index (χ4n) is 4.30. The Morgan fingerprint density at radius 1 is 1.07 bits per heavy atom. The van der Waals surface area contributed by atoms with E-state index in [-0.39, 0.29) is 5.60 Å². The first-order valence-electron chi connectivity index (χ1n) is 11.2. The minimum absolute atomic E-state index is 0.355. The molecule has 0 saturated heterocycles. The molecule has 0 amide bonds. The third-order valence-electron chi connectivity index (χ3n) is 6.56. The fraction of sp³-hybridized carbons (Fsp3) is 0.538. The molecule has 3 rings (SSSR count). The second-order valence-corrected chi connectivity index (χ2v) is 8.86. The molecule has 2 aromatic rings. The molecule has 0 radical (unpaired) electrons. The topological polar surface area (TPSA) is 41.9 Å². The molecule has 0 spiro atoms. The van der Waals surface area contributed by atoms with Gasteiger partial charge in [0.25, 0.3) is 0 Å². The van der Waals surface area contributed by atoms with Gasteiger partial charge in [0, 0.05) is 12.1 Å². The van der Waals surface area contributed by atoms with Gasteiger partial charge in [-0.3, -0.25) is 4.90 Å². The van der Waals surface area contributed by atoms with Crippen LogP contribution in [0.3, 0.4) is 0 Å². The van der Waals surface area contributed by atoms with E-state index in [4.69, 9.17) is 9.47 Å². The maximum Gasteiger partial charge on any atom is 0.130 e. The van der Waals surface area contributed by atoms with Crippen molar-refractivity contribution in [2.24, 2.45) is 0 Å². The summed E-state index contributed by atoms with van der Waals surface area (Å²) in [5.41, 5.74) is 6.19. The first kappa shape index (κ1) is 22.6. The standard InChI is InChI=1S/C26H37NO3/c1-7-27(8-2)15-21-10-9-11-22(14-21)16-29-17-26(6)13-12-23-20(5)24(28)18(3)19(4)25(23)30-26/h9-11,14,28H,7-8,12-13,15-17H2,1-6H3. The number of fused-ring (bicyclic) bond motifs is 1. The van der Waals surface area contributed by atoms with Crippen molar-refractivity contribution in [3.63, 3.8) is 0 Å². The van der Waals surface area contributed by atoms with Crippen LogP contribution in [0.25, 0.3) is 0 Å². The van der Waals surface area contributed by atoms with Crippen LogP contribution in [0.4, 0.5) is 0 Å². The van der Waals surface area contributed by atoms with Gasteiger partial charge in [0.2, 0.25) is 0 Å². The van der Waals surface area contributed by atoms with Gasteiger partial charge in [0.1, 0.15) is 17.1 Å². The molecular formula is C26H37NO3. The smallest absolute Gasteiger partial charge is 0.130 e. The number of ether oxygens (including phenoxy) is 2. The van der Waals surface area contributed by atoms with Crippen LogP contribution in [0, 0.1) is 20.8 Å². The highest BCUT2D eigenvalue weighted by Gasteiger charge is 2.34. The molecule has 1 heterocycles. The average molecular weight is 412 g/mol. The van der Waals surface area contributed by atoms with E-state index in [9.17, 15) is 5.11 Å². The Morgan fingerprint density at radius 3 is 2.47 bits per heavy atom. The highest BCUT2D eigenvalue weighted by molar-refractivity contribution is 5.58. The van der Waals surface area contributed by atoms with Crippen LogP contribution < -0.4 is 4.74 Å². The zero-order valence-electron chi connectivity index (χ0n) is 19.5. The van der Waals surface area contributed by atoms with Crippen LogP contribution in [0.2, 0.25) is 0 Å². The Kier molecular flexibility index (Phi) is 7.10. The number of hydrogen-bond donors (Lipinski definition) is 1. The average Bonchev–Trinajstić information content (AvgIpc) is 2.74. The van der Waals surface area contributed by atoms with Crippen LogP contribution in [0.5, 0.6) is 11.5 Å². The Morgan fingerprint density at radius 2 is 1.77 bits per heavy atom. The van der Waals surface area contributed by atoms with Crippen molar-refractivity contribution in [1.82, 2.24) is 4.90 Å². The van der Waals surface area contributed by atoms with Gasteiger partial charge in [-0.15, -0.1) is 0 Å². The van der Waals surface area contributed by atoms with Crippen LogP contribution in [-0.4, -0.2) is 35.3 Å². The van der Waals surface area contributed by atoms with Crippen LogP contribution in [0.1, 0.15) is 60.6 Å². The third-order valence-corrected chi connectivity index (χ3v) is 6.56. The van der Waals surface area contributed by atoms with Gasteiger partial charge in [0.15, 0.2) is 0 Å². The minimum Gasteiger partial charge on any atom is -0.507 e. The molecule has 4 nitrogen and oxygen atoms in total. The van der Waals surface area contributed by atoms with Crippen molar-refractivity contribution >= 4 is 0 Å². The van der Waals surface area contributed by atoms with Crippen molar-refractivity contribution in [3.05, 3.63) is 57.6 Å². The summed E-state index contributed by atoms with van der Waals surface area (Å²) >= 11 is 0. The Labute approximate surface area is 181 Å². The summed E-state index contributed by atoms with van der Waals surface area (Å²) in [5, 5.41) is 10.4. The number of rotatable bonds is 8. The van der Waals surface area contributed by atoms with Gasteiger partial charge in [0.05, 0.1) is 13.2 Å². The van der Waals surface area contributed by atoms with E-state index in [1.54, 1.807) is 0 Å². The highest BCUT2D eigenvalue weighted by atomic mass is 16.5. The molecule has 0 aliphatic carbocycles. The van der Waals surface area contributed by atoms with Gasteiger partial charge < -0.3 is 14.6 Å². The monoisotopic (exact) mass is 411 g/mol. The van der Waals surface area contributed by atoms with E-state index in [0.717, 1.165) is 60.5 Å². The summed E-state index contributed by atoms with van der Waals surface area (Å²) in [5.74, 6) is 1.33. The fourth-order valence-corrected chi connectivity index (χ4v) is 4.30. The first-order chi connectivity index (χ1) is 14.3. The molecule has 1 aliphatic heterocycles. The summed E-state index contributed by atoms with van der Waals surface area (Å²) in [6, 6.07) is 8.68. The van der Waals surface area contributed by atoms with Crippen LogP contribution in [0.15, 0.2) is 24.3 Å². The van der Waals surface area contributed by atoms with Crippen molar-refractivity contribution in [2.75, 3.05) is 19.7 Å². The lowest BCUT2D eigenvalue weighted by atomic mass is 9.87. The molecule has 4 heteroatoms. The SMILES string of the molecule is CCN(CC)Cc1cccc(COCC2(C)CCc3c(C)c(O)c(C)c(C)c3O2)c1. The lowest BCUT2D eigenvalue weighted by molar-refractivity contribution is -0.0341. The summed E-state index contributed by atoms with van der Waals surface area (Å²) in [4.78, 5) is 2.42. The van der Waals surface area contributed by atoms with Gasteiger partial charge in [-0.2, -0.15) is 0 Å². The molecule has 0 saturated carbocycles. The molecule has 1 aliphatic rings. The lowest BCUT2D eigenvalue weighted by Gasteiger charge is -2.37. The maximum absolute atomic E-state index is 10.4. The maximum atomic E-state index is 10.4. The van der Waals surface area contributed by atoms with E-state index in [2.05, 4.69) is 49.9 Å². The molecule has 0 fully saturated rings. The molecule has 1 N–H and O–H groups in total. The van der Waals surface area contributed by atoms with Crippen molar-refractivity contribution in [1.29, 1.82) is 0 Å². The molecule has 1 atom stereocenters. The third kappa shape index (κ3) is 4.81. The molecule has 0 bridgehead atoms. The Balaban J connectivity index is 1.64. The summed E-state index contributed by atoms with van der Waals surface area (Å²) in [7, 11) is 0. The zero-order valence-corrected chi connectivity index (χ0v) is 19.5. The van der Waals surface area contributed by atoms with Gasteiger partial charge in [-0.25, -0.2) is 0 Å². The van der Waals surface area contributed by atoms with E-state index >= 15 is 0 Å². The van der Waals surface area contributed by atoms with Gasteiger partial charge in [-0.05, 0) is 81.4 Å². The number of phenolic OH excluding ortho intramolecular Hbond substituents is 1. The van der Waals surface area contributed by atoms with Crippen molar-refractivity contribution in [2.45, 2.75) is 73.1 Å².